The van der Waals surface area contributed by atoms with Gasteiger partial charge in [0.25, 0.3) is 0 Å². The average Bonchev–Trinajstić information content (AvgIpc) is 2.28. The number of hydrogen-bond donors (Lipinski definition) is 1. The largest absolute Gasteiger partial charge is 0.238 e. The highest BCUT2D eigenvalue weighted by Gasteiger charge is 2.06. The Labute approximate surface area is 104 Å². The topological polar surface area (TPSA) is 60.2 Å². The second-order valence-electron chi connectivity index (χ2n) is 4.35. The van der Waals surface area contributed by atoms with Gasteiger partial charge in [0.2, 0.25) is 10.0 Å². The third kappa shape index (κ3) is 5.33. The van der Waals surface area contributed by atoms with E-state index >= 15 is 0 Å². The second kappa shape index (κ2) is 6.77. The summed E-state index contributed by atoms with van der Waals surface area (Å²) in [5.74, 6) is 0. The molecule has 17 heavy (non-hydrogen) atoms. The Hall–Kier alpha value is -0.870. The van der Waals surface area contributed by atoms with Crippen LogP contribution in [0.3, 0.4) is 0 Å². The summed E-state index contributed by atoms with van der Waals surface area (Å²) in [7, 11) is -3.55. The van der Waals surface area contributed by atoms with Crippen LogP contribution in [-0.2, 0) is 16.4 Å². The van der Waals surface area contributed by atoms with Gasteiger partial charge in [0.15, 0.2) is 0 Å². The highest BCUT2D eigenvalue weighted by atomic mass is 32.2. The lowest BCUT2D eigenvalue weighted by molar-refractivity contribution is 0.597. The molecule has 0 heterocycles. The summed E-state index contributed by atoms with van der Waals surface area (Å²) in [5, 5.41) is 5.03. The lowest BCUT2D eigenvalue weighted by Gasteiger charge is -2.03. The maximum absolute atomic E-state index is 11.1. The molecule has 0 bridgehead atoms. The molecular weight excluding hydrogens is 234 g/mol. The number of sulfonamides is 1. The van der Waals surface area contributed by atoms with E-state index in [-0.39, 0.29) is 4.90 Å². The Morgan fingerprint density at radius 3 is 2.12 bits per heavy atom. The molecule has 1 aromatic carbocycles. The minimum Gasteiger partial charge on any atom is -0.225 e. The van der Waals surface area contributed by atoms with Crippen molar-refractivity contribution in [2.45, 2.75) is 50.3 Å². The van der Waals surface area contributed by atoms with Gasteiger partial charge in [0.1, 0.15) is 0 Å². The molecule has 0 amide bonds. The molecule has 0 spiro atoms. The highest BCUT2D eigenvalue weighted by molar-refractivity contribution is 7.89. The van der Waals surface area contributed by atoms with Crippen molar-refractivity contribution in [1.29, 1.82) is 0 Å². The van der Waals surface area contributed by atoms with Crippen LogP contribution in [0.4, 0.5) is 0 Å². The van der Waals surface area contributed by atoms with Gasteiger partial charge < -0.3 is 0 Å². The predicted octanol–water partition coefficient (Wildman–Crippen LogP) is 2.85. The molecule has 0 saturated heterocycles. The van der Waals surface area contributed by atoms with Gasteiger partial charge in [-0.15, -0.1) is 0 Å². The van der Waals surface area contributed by atoms with Gasteiger partial charge in [0, 0.05) is 0 Å². The Kier molecular flexibility index (Phi) is 5.65. The van der Waals surface area contributed by atoms with Crippen LogP contribution in [0.2, 0.25) is 0 Å². The second-order valence-corrected chi connectivity index (χ2v) is 5.91. The minimum absolute atomic E-state index is 0.187. The van der Waals surface area contributed by atoms with Crippen molar-refractivity contribution < 1.29 is 8.42 Å². The third-order valence-electron chi connectivity index (χ3n) is 2.82. The smallest absolute Gasteiger partial charge is 0.225 e. The summed E-state index contributed by atoms with van der Waals surface area (Å²) in [6.07, 6.45) is 7.24. The molecule has 0 unspecified atom stereocenters. The van der Waals surface area contributed by atoms with Crippen molar-refractivity contribution >= 4 is 10.0 Å². The normalized spacial score (nSPS) is 11.6. The molecule has 0 aliphatic heterocycles. The van der Waals surface area contributed by atoms with Gasteiger partial charge in [-0.3, -0.25) is 0 Å². The maximum Gasteiger partial charge on any atom is 0.238 e. The first kappa shape index (κ1) is 14.2. The number of hydrogen-bond acceptors (Lipinski definition) is 2. The van der Waals surface area contributed by atoms with Gasteiger partial charge in [-0.1, -0.05) is 44.7 Å². The van der Waals surface area contributed by atoms with E-state index in [4.69, 9.17) is 5.14 Å². The Bertz CT molecular complexity index is 423. The van der Waals surface area contributed by atoms with E-state index in [2.05, 4.69) is 6.92 Å². The summed E-state index contributed by atoms with van der Waals surface area (Å²) < 4.78 is 22.1. The van der Waals surface area contributed by atoms with Crippen LogP contribution in [0.5, 0.6) is 0 Å². The Morgan fingerprint density at radius 2 is 1.59 bits per heavy atom. The minimum atomic E-state index is -3.55. The molecule has 4 heteroatoms. The number of rotatable bonds is 7. The molecule has 1 aromatic rings. The van der Waals surface area contributed by atoms with E-state index < -0.39 is 10.0 Å². The summed E-state index contributed by atoms with van der Waals surface area (Å²) in [6.45, 7) is 2.20. The quantitative estimate of drug-likeness (QED) is 0.762. The van der Waals surface area contributed by atoms with Crippen molar-refractivity contribution in [2.75, 3.05) is 0 Å². The van der Waals surface area contributed by atoms with Gasteiger partial charge in [0.05, 0.1) is 4.90 Å². The molecule has 3 nitrogen and oxygen atoms in total. The number of aryl methyl sites for hydroxylation is 1. The van der Waals surface area contributed by atoms with Crippen LogP contribution in [0.15, 0.2) is 29.2 Å². The highest BCUT2D eigenvalue weighted by Crippen LogP contribution is 2.12. The predicted molar refractivity (Wildman–Crippen MR) is 70.3 cm³/mol. The van der Waals surface area contributed by atoms with Gasteiger partial charge in [-0.2, -0.15) is 0 Å². The van der Waals surface area contributed by atoms with Crippen LogP contribution in [0.25, 0.3) is 0 Å². The summed E-state index contributed by atoms with van der Waals surface area (Å²) in [4.78, 5) is 0.187. The molecule has 0 aliphatic carbocycles. The first-order chi connectivity index (χ1) is 8.04. The molecule has 96 valence electrons. The SMILES string of the molecule is CCCCCCCc1ccc(S(N)(=O)=O)cc1. The summed E-state index contributed by atoms with van der Waals surface area (Å²) >= 11 is 0. The number of primary sulfonamides is 1. The molecule has 0 aromatic heterocycles. The van der Waals surface area contributed by atoms with Crippen molar-refractivity contribution in [1.82, 2.24) is 0 Å². The number of nitrogens with two attached hydrogens (primary N) is 1. The summed E-state index contributed by atoms with van der Waals surface area (Å²) in [5.41, 5.74) is 1.17. The van der Waals surface area contributed by atoms with Gasteiger partial charge in [-0.25, -0.2) is 13.6 Å². The fraction of sp³-hybridized carbons (Fsp3) is 0.538. The van der Waals surface area contributed by atoms with Crippen LogP contribution in [0, 0.1) is 0 Å². The third-order valence-corrected chi connectivity index (χ3v) is 3.75. The first-order valence-electron chi connectivity index (χ1n) is 6.16. The Morgan fingerprint density at radius 1 is 1.00 bits per heavy atom. The van der Waals surface area contributed by atoms with Crippen LogP contribution >= 0.6 is 0 Å². The monoisotopic (exact) mass is 255 g/mol. The fourth-order valence-electron chi connectivity index (χ4n) is 1.78. The van der Waals surface area contributed by atoms with E-state index in [1.54, 1.807) is 12.1 Å². The molecule has 1 rings (SSSR count). The molecule has 0 fully saturated rings. The zero-order valence-corrected chi connectivity index (χ0v) is 11.2. The van der Waals surface area contributed by atoms with Crippen LogP contribution < -0.4 is 5.14 Å². The molecule has 2 N–H and O–H groups in total. The fourth-order valence-corrected chi connectivity index (χ4v) is 2.29. The zero-order valence-electron chi connectivity index (χ0n) is 10.4. The van der Waals surface area contributed by atoms with Gasteiger partial charge in [-0.05, 0) is 30.5 Å². The van der Waals surface area contributed by atoms with E-state index in [1.165, 1.54) is 31.2 Å². The van der Waals surface area contributed by atoms with Crippen molar-refractivity contribution in [2.24, 2.45) is 5.14 Å². The standard InChI is InChI=1S/C13H21NO2S/c1-2-3-4-5-6-7-12-8-10-13(11-9-12)17(14,15)16/h8-11H,2-7H2,1H3,(H2,14,15,16). The molecule has 0 radical (unpaired) electrons. The number of unbranched alkanes of at least 4 members (excludes halogenated alkanes) is 4. The lowest BCUT2D eigenvalue weighted by atomic mass is 10.1. The van der Waals surface area contributed by atoms with E-state index in [0.29, 0.717) is 0 Å². The molecule has 0 atom stereocenters. The van der Waals surface area contributed by atoms with Crippen molar-refractivity contribution in [3.63, 3.8) is 0 Å². The first-order valence-corrected chi connectivity index (χ1v) is 7.70. The van der Waals surface area contributed by atoms with E-state index in [9.17, 15) is 8.42 Å². The molecular formula is C13H21NO2S. The van der Waals surface area contributed by atoms with Crippen LogP contribution in [-0.4, -0.2) is 8.42 Å². The average molecular weight is 255 g/mol. The van der Waals surface area contributed by atoms with Crippen molar-refractivity contribution in [3.05, 3.63) is 29.8 Å². The lowest BCUT2D eigenvalue weighted by Crippen LogP contribution is -2.11. The van der Waals surface area contributed by atoms with Gasteiger partial charge >= 0.3 is 0 Å². The molecule has 0 aliphatic rings. The van der Waals surface area contributed by atoms with E-state index in [1.807, 2.05) is 12.1 Å². The summed E-state index contributed by atoms with van der Waals surface area (Å²) in [6, 6.07) is 6.85. The van der Waals surface area contributed by atoms with Crippen molar-refractivity contribution in [3.8, 4) is 0 Å². The molecule has 0 saturated carbocycles. The Balaban J connectivity index is 2.41. The maximum atomic E-state index is 11.1. The number of benzene rings is 1. The van der Waals surface area contributed by atoms with E-state index in [0.717, 1.165) is 12.8 Å². The zero-order chi connectivity index (χ0) is 12.7. The van der Waals surface area contributed by atoms with Crippen LogP contribution in [0.1, 0.15) is 44.6 Å².